The molecule has 5 aliphatic rings. The average molecular weight is 839 g/mol. The van der Waals surface area contributed by atoms with E-state index in [1.807, 2.05) is 6.08 Å². The fourth-order valence-corrected chi connectivity index (χ4v) is 9.68. The molecule has 5 atom stereocenters. The molecule has 0 bridgehead atoms. The molecule has 2 saturated carbocycles. The molecule has 58 heavy (non-hydrogen) atoms. The zero-order valence-electron chi connectivity index (χ0n) is 32.4. The summed E-state index contributed by atoms with van der Waals surface area (Å²) in [4.78, 5) is 61.6. The summed E-state index contributed by atoms with van der Waals surface area (Å²) in [6, 6.07) is 5.31. The number of halogens is 5. The molecule has 2 N–H and O–H groups in total. The summed E-state index contributed by atoms with van der Waals surface area (Å²) in [5.74, 6) is -5.82. The Bertz CT molecular complexity index is 2160. The van der Waals surface area contributed by atoms with Gasteiger partial charge in [-0.1, -0.05) is 43.2 Å². The van der Waals surface area contributed by atoms with Crippen molar-refractivity contribution in [1.29, 1.82) is 0 Å². The normalized spacial score (nSPS) is 29.3. The summed E-state index contributed by atoms with van der Waals surface area (Å²) < 4.78 is 109. The Hall–Kier alpha value is -4.35. The van der Waals surface area contributed by atoms with Gasteiger partial charge in [-0.25, -0.2) is 22.2 Å². The van der Waals surface area contributed by atoms with E-state index in [9.17, 15) is 49.5 Å². The number of hydrogen-bond acceptors (Lipinski definition) is 9. The van der Waals surface area contributed by atoms with Crippen molar-refractivity contribution < 1.29 is 59.0 Å². The molecule has 316 valence electrons. The predicted octanol–water partition coefficient (Wildman–Crippen LogP) is 6.12. The largest absolute Gasteiger partial charge is 0.483 e. The second kappa shape index (κ2) is 14.7. The molecule has 1 saturated heterocycles. The Morgan fingerprint density at radius 2 is 1.81 bits per heavy atom. The summed E-state index contributed by atoms with van der Waals surface area (Å²) >= 11 is 0. The predicted molar refractivity (Wildman–Crippen MR) is 199 cm³/mol. The van der Waals surface area contributed by atoms with Crippen LogP contribution in [0.15, 0.2) is 36.4 Å². The minimum atomic E-state index is -4.91. The number of aromatic nitrogens is 1. The van der Waals surface area contributed by atoms with Crippen LogP contribution in [0.2, 0.25) is 0 Å². The van der Waals surface area contributed by atoms with Crippen LogP contribution in [0.4, 0.5) is 22.0 Å². The van der Waals surface area contributed by atoms with E-state index in [0.29, 0.717) is 68.8 Å². The molecule has 12 nitrogen and oxygen atoms in total. The van der Waals surface area contributed by atoms with Crippen molar-refractivity contribution in [3.63, 3.8) is 0 Å². The molecule has 0 radical (unpaired) electrons. The van der Waals surface area contributed by atoms with Gasteiger partial charge in [0, 0.05) is 29.2 Å². The number of allylic oxidation sites excluding steroid dienone is 1. The van der Waals surface area contributed by atoms with Crippen molar-refractivity contribution in [2.24, 2.45) is 11.8 Å². The molecule has 7 rings (SSSR count). The van der Waals surface area contributed by atoms with Crippen LogP contribution in [0, 0.1) is 11.8 Å². The van der Waals surface area contributed by atoms with Gasteiger partial charge in [0.15, 0.2) is 5.75 Å². The maximum Gasteiger partial charge on any atom is 0.427 e. The van der Waals surface area contributed by atoms with Gasteiger partial charge in [-0.3, -0.25) is 23.9 Å². The van der Waals surface area contributed by atoms with Crippen molar-refractivity contribution in [1.82, 2.24) is 19.9 Å². The standard InChI is InChI=1S/C40H47F5N4O8S/c1-36(2,40(43,44)45)56-29(50)19-23-11-7-5-4-6-8-12-24-20-39(24,35(53)48-58(54,55)37(3)17-18-37)47-33(51)28-21-38(22-49(28)34(23)52)16-15-26-25-13-9-10-14-27(25)46-30(32(41)42)31(26)57-38/h8-10,12-14,23-24,28,32H,4-7,11,15-22H2,1-3H3,(H,47,51)(H,48,53)/b12-8-/t23-,24-,28+,38-,39-/m1/s1. The summed E-state index contributed by atoms with van der Waals surface area (Å²) in [7, 11) is -4.12. The number of sulfonamides is 1. The molecule has 3 fully saturated rings. The number of carbonyl (C=O) groups is 4. The first-order valence-corrected chi connectivity index (χ1v) is 21.1. The molecule has 1 spiro atoms. The third-order valence-electron chi connectivity index (χ3n) is 12.5. The number of rotatable bonds is 7. The Morgan fingerprint density at radius 1 is 1.09 bits per heavy atom. The molecule has 1 aromatic carbocycles. The average Bonchev–Trinajstić information content (AvgIpc) is 4.03. The van der Waals surface area contributed by atoms with Crippen LogP contribution in [-0.2, 0) is 40.4 Å². The number of ether oxygens (including phenoxy) is 2. The van der Waals surface area contributed by atoms with Crippen LogP contribution in [0.3, 0.4) is 0 Å². The molecular weight excluding hydrogens is 792 g/mol. The van der Waals surface area contributed by atoms with E-state index >= 15 is 0 Å². The van der Waals surface area contributed by atoms with Gasteiger partial charge in [0.1, 0.15) is 22.9 Å². The Kier molecular flexibility index (Phi) is 10.6. The van der Waals surface area contributed by atoms with Crippen LogP contribution in [-0.4, -0.2) is 82.2 Å². The fraction of sp³-hybridized carbons (Fsp3) is 0.625. The van der Waals surface area contributed by atoms with E-state index < -0.39 is 97.8 Å². The van der Waals surface area contributed by atoms with Crippen LogP contribution >= 0.6 is 0 Å². The topological polar surface area (TPSA) is 161 Å². The number of aryl methyl sites for hydroxylation is 1. The van der Waals surface area contributed by atoms with Crippen molar-refractivity contribution in [2.45, 2.75) is 138 Å². The molecular formula is C40H47F5N4O8S. The van der Waals surface area contributed by atoms with Gasteiger partial charge in [-0.2, -0.15) is 13.2 Å². The van der Waals surface area contributed by atoms with E-state index in [1.54, 1.807) is 30.3 Å². The Morgan fingerprint density at radius 3 is 2.50 bits per heavy atom. The first kappa shape index (κ1) is 41.8. The quantitative estimate of drug-likeness (QED) is 0.190. The molecule has 18 heteroatoms. The number of nitrogens with zero attached hydrogens (tertiary/aromatic N) is 2. The van der Waals surface area contributed by atoms with Gasteiger partial charge >= 0.3 is 12.1 Å². The van der Waals surface area contributed by atoms with Gasteiger partial charge in [0.25, 0.3) is 12.3 Å². The highest BCUT2D eigenvalue weighted by Crippen LogP contribution is 2.50. The second-order valence-corrected chi connectivity index (χ2v) is 19.4. The van der Waals surface area contributed by atoms with Gasteiger partial charge in [-0.05, 0) is 78.2 Å². The second-order valence-electron chi connectivity index (χ2n) is 17.2. The van der Waals surface area contributed by atoms with Crippen LogP contribution in [0.1, 0.15) is 109 Å². The SMILES string of the molecule is CC(C)(OC(=O)C[C@H]1CCCCC/C=C\[C@@H]2C[C@@]2(C(=O)NS(=O)(=O)C2(C)CC2)NC(=O)[C@@H]2C[C@]3(CCc4c(c(C(F)F)nc5ccccc45)O3)CN2C1=O)C(F)(F)F. The smallest absolute Gasteiger partial charge is 0.427 e. The minimum Gasteiger partial charge on any atom is -0.483 e. The number of para-hydroxylation sites is 1. The number of alkyl halides is 5. The first-order chi connectivity index (χ1) is 27.1. The molecule has 3 amide bonds. The highest BCUT2D eigenvalue weighted by Gasteiger charge is 2.64. The number of pyridine rings is 1. The monoisotopic (exact) mass is 838 g/mol. The van der Waals surface area contributed by atoms with E-state index in [2.05, 4.69) is 15.0 Å². The lowest BCUT2D eigenvalue weighted by Gasteiger charge is -2.37. The van der Waals surface area contributed by atoms with Crippen LogP contribution < -0.4 is 14.8 Å². The highest BCUT2D eigenvalue weighted by molar-refractivity contribution is 7.91. The van der Waals surface area contributed by atoms with Crippen LogP contribution in [0.25, 0.3) is 10.9 Å². The molecule has 2 aromatic rings. The number of fused-ring (bicyclic) bond motifs is 5. The highest BCUT2D eigenvalue weighted by atomic mass is 32.2. The van der Waals surface area contributed by atoms with E-state index in [0.717, 1.165) is 4.90 Å². The van der Waals surface area contributed by atoms with Crippen molar-refractivity contribution >= 4 is 44.6 Å². The number of nitrogens with one attached hydrogen (secondary N) is 2. The third-order valence-corrected chi connectivity index (χ3v) is 14.7. The van der Waals surface area contributed by atoms with Gasteiger partial charge < -0.3 is 19.7 Å². The zero-order valence-corrected chi connectivity index (χ0v) is 33.2. The molecule has 3 aliphatic heterocycles. The Balaban J connectivity index is 1.25. The Labute approximate surface area is 332 Å². The lowest BCUT2D eigenvalue weighted by molar-refractivity contribution is -0.257. The molecule has 4 heterocycles. The fourth-order valence-electron chi connectivity index (χ4n) is 8.37. The number of benzene rings is 1. The molecule has 0 unspecified atom stereocenters. The lowest BCUT2D eigenvalue weighted by atomic mass is 9.87. The zero-order chi connectivity index (χ0) is 42.1. The number of carbonyl (C=O) groups excluding carboxylic acids is 4. The summed E-state index contributed by atoms with van der Waals surface area (Å²) in [6.45, 7) is 2.57. The van der Waals surface area contributed by atoms with E-state index in [1.165, 1.54) is 6.92 Å². The summed E-state index contributed by atoms with van der Waals surface area (Å²) in [5, 5.41) is 3.35. The molecule has 2 aliphatic carbocycles. The maximum atomic E-state index is 14.7. The summed E-state index contributed by atoms with van der Waals surface area (Å²) in [6.07, 6.45) is -2.08. The van der Waals surface area contributed by atoms with Gasteiger partial charge in [0.2, 0.25) is 27.4 Å². The molecule has 1 aromatic heterocycles. The maximum absolute atomic E-state index is 14.7. The van der Waals surface area contributed by atoms with Gasteiger partial charge in [0.05, 0.1) is 23.2 Å². The van der Waals surface area contributed by atoms with Crippen molar-refractivity contribution in [3.8, 4) is 5.75 Å². The third kappa shape index (κ3) is 7.76. The number of hydrogen-bond donors (Lipinski definition) is 2. The van der Waals surface area contributed by atoms with Crippen molar-refractivity contribution in [2.75, 3.05) is 6.54 Å². The van der Waals surface area contributed by atoms with Crippen molar-refractivity contribution in [3.05, 3.63) is 47.7 Å². The number of esters is 1. The lowest BCUT2D eigenvalue weighted by Crippen LogP contribution is -2.57. The van der Waals surface area contributed by atoms with Gasteiger partial charge in [-0.15, -0.1) is 0 Å². The van der Waals surface area contributed by atoms with E-state index in [-0.39, 0.29) is 44.4 Å². The van der Waals surface area contributed by atoms with E-state index in [4.69, 9.17) is 9.47 Å². The van der Waals surface area contributed by atoms with Crippen LogP contribution in [0.5, 0.6) is 5.75 Å². The summed E-state index contributed by atoms with van der Waals surface area (Å²) in [5.41, 5.74) is -5.79. The minimum absolute atomic E-state index is 0.0582. The number of amides is 3. The first-order valence-electron chi connectivity index (χ1n) is 19.6.